The van der Waals surface area contributed by atoms with E-state index in [-0.39, 0.29) is 0 Å². The highest BCUT2D eigenvalue weighted by Crippen LogP contribution is 2.29. The van der Waals surface area contributed by atoms with Gasteiger partial charge in [0.15, 0.2) is 0 Å². The van der Waals surface area contributed by atoms with E-state index >= 15 is 0 Å². The number of rotatable bonds is 5. The third-order valence-electron chi connectivity index (χ3n) is 3.14. The number of methoxy groups -OCH3 is 1. The molecule has 2 heteroatoms. The van der Waals surface area contributed by atoms with Crippen molar-refractivity contribution >= 4 is 6.08 Å². The van der Waals surface area contributed by atoms with Crippen LogP contribution in [0.4, 0.5) is 0 Å². The Kier molecular flexibility index (Phi) is 5.23. The van der Waals surface area contributed by atoms with Crippen molar-refractivity contribution in [3.63, 3.8) is 0 Å². The summed E-state index contributed by atoms with van der Waals surface area (Å²) < 4.78 is 5.41. The lowest BCUT2D eigenvalue weighted by atomic mass is 9.98. The smallest absolute Gasteiger partial charge is 0.124 e. The molecule has 17 heavy (non-hydrogen) atoms. The average molecular weight is 233 g/mol. The van der Waals surface area contributed by atoms with Crippen molar-refractivity contribution in [2.45, 2.75) is 33.6 Å². The Morgan fingerprint density at radius 3 is 2.53 bits per heavy atom. The molecule has 0 fully saturated rings. The second-order valence-corrected chi connectivity index (χ2v) is 4.40. The van der Waals surface area contributed by atoms with Crippen LogP contribution in [0.5, 0.6) is 5.75 Å². The van der Waals surface area contributed by atoms with E-state index in [1.807, 2.05) is 0 Å². The van der Waals surface area contributed by atoms with Gasteiger partial charge in [-0.1, -0.05) is 12.2 Å². The molecule has 0 radical (unpaired) electrons. The van der Waals surface area contributed by atoms with Gasteiger partial charge in [0, 0.05) is 0 Å². The molecule has 0 bridgehead atoms. The minimum Gasteiger partial charge on any atom is -0.496 e. The highest BCUT2D eigenvalue weighted by molar-refractivity contribution is 5.61. The fraction of sp³-hybridized carbons (Fsp3) is 0.467. The van der Waals surface area contributed by atoms with Gasteiger partial charge in [-0.15, -0.1) is 0 Å². The normalized spacial score (nSPS) is 11.1. The Morgan fingerprint density at radius 1 is 1.24 bits per heavy atom. The Balaban J connectivity index is 2.98. The molecule has 0 atom stereocenters. The molecular weight excluding hydrogens is 210 g/mol. The molecule has 0 saturated heterocycles. The Morgan fingerprint density at radius 2 is 1.94 bits per heavy atom. The molecule has 94 valence electrons. The lowest BCUT2D eigenvalue weighted by Crippen LogP contribution is -1.97. The summed E-state index contributed by atoms with van der Waals surface area (Å²) in [5, 5.41) is 0. The number of benzene rings is 1. The zero-order valence-electron chi connectivity index (χ0n) is 11.3. The Labute approximate surface area is 104 Å². The first-order valence-corrected chi connectivity index (χ1v) is 6.13. The molecule has 2 nitrogen and oxygen atoms in total. The molecule has 0 amide bonds. The van der Waals surface area contributed by atoms with Crippen LogP contribution in [0.3, 0.4) is 0 Å². The van der Waals surface area contributed by atoms with E-state index < -0.39 is 0 Å². The molecule has 0 aliphatic rings. The van der Waals surface area contributed by atoms with Gasteiger partial charge in [-0.05, 0) is 68.5 Å². The van der Waals surface area contributed by atoms with Crippen molar-refractivity contribution in [1.82, 2.24) is 0 Å². The van der Waals surface area contributed by atoms with Crippen molar-refractivity contribution < 1.29 is 4.74 Å². The predicted molar refractivity (Wildman–Crippen MR) is 74.5 cm³/mol. The summed E-state index contributed by atoms with van der Waals surface area (Å²) in [6.07, 6.45) is 6.47. The van der Waals surface area contributed by atoms with Crippen LogP contribution >= 0.6 is 0 Å². The summed E-state index contributed by atoms with van der Waals surface area (Å²) in [4.78, 5) is 0. The molecule has 0 heterocycles. The summed E-state index contributed by atoms with van der Waals surface area (Å²) in [5.74, 6) is 1.00. The third-order valence-corrected chi connectivity index (χ3v) is 3.14. The lowest BCUT2D eigenvalue weighted by Gasteiger charge is -2.13. The number of hydrogen-bond acceptors (Lipinski definition) is 2. The molecule has 0 spiro atoms. The number of allylic oxidation sites excluding steroid dienone is 1. The van der Waals surface area contributed by atoms with Gasteiger partial charge in [-0.2, -0.15) is 0 Å². The SMILES string of the molecule is COc1c(C)cc(/C=C/CCCN)c(C)c1C. The van der Waals surface area contributed by atoms with Crippen molar-refractivity contribution in [3.8, 4) is 5.75 Å². The fourth-order valence-corrected chi connectivity index (χ4v) is 2.02. The predicted octanol–water partition coefficient (Wildman–Crippen LogP) is 3.37. The van der Waals surface area contributed by atoms with Gasteiger partial charge in [0.25, 0.3) is 0 Å². The summed E-state index contributed by atoms with van der Waals surface area (Å²) in [6, 6.07) is 2.18. The van der Waals surface area contributed by atoms with Gasteiger partial charge >= 0.3 is 0 Å². The zero-order valence-corrected chi connectivity index (χ0v) is 11.3. The van der Waals surface area contributed by atoms with Gasteiger partial charge < -0.3 is 10.5 Å². The molecule has 2 N–H and O–H groups in total. The zero-order chi connectivity index (χ0) is 12.8. The third kappa shape index (κ3) is 3.34. The van der Waals surface area contributed by atoms with E-state index in [4.69, 9.17) is 10.5 Å². The van der Waals surface area contributed by atoms with Gasteiger partial charge in [0.1, 0.15) is 5.75 Å². The molecule has 0 saturated carbocycles. The first kappa shape index (κ1) is 13.8. The van der Waals surface area contributed by atoms with Gasteiger partial charge in [0.2, 0.25) is 0 Å². The number of hydrogen-bond donors (Lipinski definition) is 1. The van der Waals surface area contributed by atoms with E-state index in [0.29, 0.717) is 0 Å². The quantitative estimate of drug-likeness (QED) is 0.791. The maximum absolute atomic E-state index is 5.47. The van der Waals surface area contributed by atoms with Crippen LogP contribution in [0, 0.1) is 20.8 Å². The summed E-state index contributed by atoms with van der Waals surface area (Å²) >= 11 is 0. The molecule has 0 aromatic heterocycles. The number of unbranched alkanes of at least 4 members (excludes halogenated alkanes) is 1. The number of nitrogens with two attached hydrogens (primary N) is 1. The van der Waals surface area contributed by atoms with E-state index in [9.17, 15) is 0 Å². The lowest BCUT2D eigenvalue weighted by molar-refractivity contribution is 0.408. The second kappa shape index (κ2) is 6.45. The van der Waals surface area contributed by atoms with Crippen LogP contribution in [0.15, 0.2) is 12.1 Å². The van der Waals surface area contributed by atoms with Crippen LogP contribution in [0.25, 0.3) is 6.08 Å². The van der Waals surface area contributed by atoms with Crippen molar-refractivity contribution in [2.75, 3.05) is 13.7 Å². The minimum absolute atomic E-state index is 0.754. The van der Waals surface area contributed by atoms with Crippen molar-refractivity contribution in [1.29, 1.82) is 0 Å². The summed E-state index contributed by atoms with van der Waals surface area (Å²) in [7, 11) is 1.73. The van der Waals surface area contributed by atoms with Gasteiger partial charge in [0.05, 0.1) is 7.11 Å². The molecule has 0 unspecified atom stereocenters. The summed E-state index contributed by atoms with van der Waals surface area (Å²) in [6.45, 7) is 7.09. The summed E-state index contributed by atoms with van der Waals surface area (Å²) in [5.41, 5.74) is 10.5. The van der Waals surface area contributed by atoms with Crippen LogP contribution < -0.4 is 10.5 Å². The highest BCUT2D eigenvalue weighted by atomic mass is 16.5. The molecule has 0 aliphatic carbocycles. The number of ether oxygens (including phenoxy) is 1. The highest BCUT2D eigenvalue weighted by Gasteiger charge is 2.08. The van der Waals surface area contributed by atoms with E-state index in [1.54, 1.807) is 7.11 Å². The fourth-order valence-electron chi connectivity index (χ4n) is 2.02. The van der Waals surface area contributed by atoms with Crippen molar-refractivity contribution in [2.24, 2.45) is 5.73 Å². The standard InChI is InChI=1S/C15H23NO/c1-11-10-14(8-6-5-7-9-16)12(2)13(3)15(11)17-4/h6,8,10H,5,7,9,16H2,1-4H3/b8-6+. The Bertz CT molecular complexity index is 408. The first-order chi connectivity index (χ1) is 8.11. The average Bonchev–Trinajstić information content (AvgIpc) is 2.31. The van der Waals surface area contributed by atoms with E-state index in [1.165, 1.54) is 22.3 Å². The van der Waals surface area contributed by atoms with Gasteiger partial charge in [-0.25, -0.2) is 0 Å². The van der Waals surface area contributed by atoms with Crippen LogP contribution in [-0.4, -0.2) is 13.7 Å². The van der Waals surface area contributed by atoms with E-state index in [2.05, 4.69) is 39.0 Å². The van der Waals surface area contributed by atoms with Crippen LogP contribution in [0.2, 0.25) is 0 Å². The molecule has 1 rings (SSSR count). The maximum Gasteiger partial charge on any atom is 0.124 e. The van der Waals surface area contributed by atoms with E-state index in [0.717, 1.165) is 25.1 Å². The maximum atomic E-state index is 5.47. The minimum atomic E-state index is 0.754. The second-order valence-electron chi connectivity index (χ2n) is 4.40. The monoisotopic (exact) mass is 233 g/mol. The van der Waals surface area contributed by atoms with Crippen molar-refractivity contribution in [3.05, 3.63) is 34.4 Å². The number of aryl methyl sites for hydroxylation is 1. The van der Waals surface area contributed by atoms with Gasteiger partial charge in [-0.3, -0.25) is 0 Å². The molecule has 1 aromatic rings. The topological polar surface area (TPSA) is 35.2 Å². The Hall–Kier alpha value is -1.28. The molecule has 0 aliphatic heterocycles. The largest absolute Gasteiger partial charge is 0.496 e. The first-order valence-electron chi connectivity index (χ1n) is 6.13. The van der Waals surface area contributed by atoms with Crippen LogP contribution in [-0.2, 0) is 0 Å². The molecular formula is C15H23NO. The molecule has 1 aromatic carbocycles. The van der Waals surface area contributed by atoms with Crippen LogP contribution in [0.1, 0.15) is 35.1 Å².